The second kappa shape index (κ2) is 7.59. The van der Waals surface area contributed by atoms with Crippen molar-refractivity contribution >= 4 is 0 Å². The predicted octanol–water partition coefficient (Wildman–Crippen LogP) is 5.31. The summed E-state index contributed by atoms with van der Waals surface area (Å²) in [6, 6.07) is 11.3. The van der Waals surface area contributed by atoms with Gasteiger partial charge in [-0.25, -0.2) is 4.98 Å². The molecule has 1 fully saturated rings. The molecule has 0 bridgehead atoms. The van der Waals surface area contributed by atoms with Crippen molar-refractivity contribution in [1.82, 2.24) is 15.3 Å². The lowest BCUT2D eigenvalue weighted by molar-refractivity contribution is 0.109. The summed E-state index contributed by atoms with van der Waals surface area (Å²) in [6.07, 6.45) is 8.96. The third-order valence-corrected chi connectivity index (χ3v) is 6.56. The number of nitrogens with zero attached hydrogens (tertiary/aromatic N) is 2. The normalized spacial score (nSPS) is 18.4. The molecule has 0 saturated carbocycles. The van der Waals surface area contributed by atoms with Crippen LogP contribution in [-0.2, 0) is 17.8 Å². The van der Waals surface area contributed by atoms with Crippen LogP contribution in [0.3, 0.4) is 0 Å². The Morgan fingerprint density at radius 2 is 1.97 bits per heavy atom. The maximum absolute atomic E-state index is 5.90. The van der Waals surface area contributed by atoms with Gasteiger partial charge >= 0.3 is 0 Å². The molecule has 31 heavy (non-hydrogen) atoms. The van der Waals surface area contributed by atoms with Crippen LogP contribution in [-0.4, -0.2) is 23.1 Å². The molecule has 156 valence electrons. The standard InChI is InChI=1S/C26H25N3O2/c1-16-4-5-18(12-28-16)20-11-22-23(13-29-26(22)31-14-20)19-9-17-6-8-30-15-24(17)21(10-19)25-3-2-7-27-25/h4-5,9-14,25,27H,2-3,6-8,15H2,1H3/t25-/m0/s1. The van der Waals surface area contributed by atoms with Crippen molar-refractivity contribution in [3.05, 3.63) is 71.4 Å². The number of aromatic nitrogens is 2. The van der Waals surface area contributed by atoms with Gasteiger partial charge in [-0.1, -0.05) is 12.1 Å². The average Bonchev–Trinajstić information content (AvgIpc) is 3.49. The summed E-state index contributed by atoms with van der Waals surface area (Å²) < 4.78 is 11.7. The van der Waals surface area contributed by atoms with Crippen molar-refractivity contribution in [3.8, 4) is 33.7 Å². The molecule has 5 heterocycles. The number of nitrogens with one attached hydrogen (secondary N) is 1. The summed E-state index contributed by atoms with van der Waals surface area (Å²) in [5, 5.41) is 3.67. The van der Waals surface area contributed by atoms with Crippen LogP contribution in [0.25, 0.3) is 33.7 Å². The van der Waals surface area contributed by atoms with Gasteiger partial charge in [0.2, 0.25) is 5.89 Å². The van der Waals surface area contributed by atoms with Crippen molar-refractivity contribution in [2.24, 2.45) is 0 Å². The van der Waals surface area contributed by atoms with E-state index in [1.165, 1.54) is 35.1 Å². The molecule has 1 aromatic heterocycles. The summed E-state index contributed by atoms with van der Waals surface area (Å²) in [5.74, 6) is 0.667. The minimum Gasteiger partial charge on any atom is -0.445 e. The molecule has 4 aliphatic rings. The fourth-order valence-electron chi connectivity index (χ4n) is 4.87. The third-order valence-electron chi connectivity index (χ3n) is 6.56. The molecule has 0 spiro atoms. The van der Waals surface area contributed by atoms with E-state index >= 15 is 0 Å². The SMILES string of the molecule is Cc1ccc(-c2coc3ncc(-c4cc5c(c([C@@H]6CCCN6)c4)COCC5)c-3c2)cn1. The summed E-state index contributed by atoms with van der Waals surface area (Å²) in [7, 11) is 0. The Kier molecular flexibility index (Phi) is 4.59. The van der Waals surface area contributed by atoms with Gasteiger partial charge in [-0.05, 0) is 73.2 Å². The molecule has 1 saturated heterocycles. The minimum absolute atomic E-state index is 0.406. The van der Waals surface area contributed by atoms with E-state index in [9.17, 15) is 0 Å². The molecule has 0 aliphatic carbocycles. The number of benzene rings is 1. The first-order valence-corrected chi connectivity index (χ1v) is 11.0. The second-order valence-corrected chi connectivity index (χ2v) is 8.57. The van der Waals surface area contributed by atoms with E-state index in [-0.39, 0.29) is 0 Å². The zero-order valence-corrected chi connectivity index (χ0v) is 17.6. The number of fused-ring (bicyclic) bond motifs is 2. The van der Waals surface area contributed by atoms with Gasteiger partial charge in [0.1, 0.15) is 6.26 Å². The first-order chi connectivity index (χ1) is 15.3. The Balaban J connectivity index is 1.48. The molecule has 0 amide bonds. The lowest BCUT2D eigenvalue weighted by atomic mass is 9.88. The molecular weight excluding hydrogens is 386 g/mol. The molecule has 5 heteroatoms. The van der Waals surface area contributed by atoms with Gasteiger partial charge < -0.3 is 14.5 Å². The lowest BCUT2D eigenvalue weighted by Gasteiger charge is -2.24. The maximum Gasteiger partial charge on any atom is 0.226 e. The number of ether oxygens (including phenoxy) is 1. The molecule has 5 nitrogen and oxygen atoms in total. The van der Waals surface area contributed by atoms with Gasteiger partial charge in [0.15, 0.2) is 0 Å². The molecular formula is C26H25N3O2. The monoisotopic (exact) mass is 411 g/mol. The largest absolute Gasteiger partial charge is 0.445 e. The summed E-state index contributed by atoms with van der Waals surface area (Å²) in [4.78, 5) is 8.99. The average molecular weight is 412 g/mol. The zero-order chi connectivity index (χ0) is 20.8. The van der Waals surface area contributed by atoms with Crippen molar-refractivity contribution in [3.63, 3.8) is 0 Å². The van der Waals surface area contributed by atoms with Gasteiger partial charge in [-0.3, -0.25) is 4.98 Å². The summed E-state index contributed by atoms with van der Waals surface area (Å²) in [5.41, 5.74) is 10.6. The van der Waals surface area contributed by atoms with Crippen LogP contribution in [0.15, 0.2) is 53.4 Å². The van der Waals surface area contributed by atoms with Crippen LogP contribution >= 0.6 is 0 Å². The molecule has 1 N–H and O–H groups in total. The highest BCUT2D eigenvalue weighted by molar-refractivity contribution is 5.84. The summed E-state index contributed by atoms with van der Waals surface area (Å²) >= 11 is 0. The Bertz CT molecular complexity index is 1210. The van der Waals surface area contributed by atoms with Crippen molar-refractivity contribution < 1.29 is 9.15 Å². The maximum atomic E-state index is 5.90. The molecule has 2 aromatic rings. The quantitative estimate of drug-likeness (QED) is 0.495. The molecule has 4 aliphatic heterocycles. The molecule has 0 unspecified atom stereocenters. The smallest absolute Gasteiger partial charge is 0.226 e. The highest BCUT2D eigenvalue weighted by Gasteiger charge is 2.25. The lowest BCUT2D eigenvalue weighted by Crippen LogP contribution is -2.19. The minimum atomic E-state index is 0.406. The van der Waals surface area contributed by atoms with Crippen LogP contribution in [0.2, 0.25) is 0 Å². The topological polar surface area (TPSA) is 60.2 Å². The predicted molar refractivity (Wildman–Crippen MR) is 120 cm³/mol. The van der Waals surface area contributed by atoms with E-state index in [1.807, 2.05) is 25.4 Å². The zero-order valence-electron chi connectivity index (χ0n) is 17.6. The number of hydrogen-bond acceptors (Lipinski definition) is 5. The van der Waals surface area contributed by atoms with Crippen molar-refractivity contribution in [2.75, 3.05) is 13.2 Å². The molecule has 0 radical (unpaired) electrons. The molecule has 1 aromatic carbocycles. The van der Waals surface area contributed by atoms with E-state index in [2.05, 4.69) is 39.6 Å². The van der Waals surface area contributed by atoms with Crippen molar-refractivity contribution in [1.29, 1.82) is 0 Å². The van der Waals surface area contributed by atoms with Gasteiger partial charge in [-0.15, -0.1) is 0 Å². The highest BCUT2D eigenvalue weighted by atomic mass is 16.5. The van der Waals surface area contributed by atoms with Crippen molar-refractivity contribution in [2.45, 2.75) is 38.8 Å². The van der Waals surface area contributed by atoms with Crippen LogP contribution in [0.1, 0.15) is 41.3 Å². The fraction of sp³-hybridized carbons (Fsp3) is 0.308. The number of pyridine rings is 1. The number of hydrogen-bond donors (Lipinski definition) is 1. The second-order valence-electron chi connectivity index (χ2n) is 8.57. The Hall–Kier alpha value is -3.02. The molecule has 6 rings (SSSR count). The van der Waals surface area contributed by atoms with Crippen LogP contribution < -0.4 is 5.32 Å². The van der Waals surface area contributed by atoms with E-state index in [1.54, 1.807) is 6.26 Å². The van der Waals surface area contributed by atoms with E-state index in [4.69, 9.17) is 9.15 Å². The first kappa shape index (κ1) is 18.7. The van der Waals surface area contributed by atoms with E-state index in [0.717, 1.165) is 47.5 Å². The Morgan fingerprint density at radius 1 is 1.00 bits per heavy atom. The highest BCUT2D eigenvalue weighted by Crippen LogP contribution is 2.40. The Morgan fingerprint density at radius 3 is 2.81 bits per heavy atom. The van der Waals surface area contributed by atoms with E-state index < -0.39 is 0 Å². The van der Waals surface area contributed by atoms with Gasteiger partial charge in [0.05, 0.1) is 13.2 Å². The van der Waals surface area contributed by atoms with Gasteiger partial charge in [-0.2, -0.15) is 0 Å². The molecule has 1 atom stereocenters. The van der Waals surface area contributed by atoms with Gasteiger partial charge in [0.25, 0.3) is 0 Å². The summed E-state index contributed by atoms with van der Waals surface area (Å²) in [6.45, 7) is 4.57. The fourth-order valence-corrected chi connectivity index (χ4v) is 4.87. The van der Waals surface area contributed by atoms with Crippen LogP contribution in [0.4, 0.5) is 0 Å². The van der Waals surface area contributed by atoms with Gasteiger partial charge in [0, 0.05) is 46.4 Å². The first-order valence-electron chi connectivity index (χ1n) is 11.0. The number of rotatable bonds is 3. The Labute approximate surface area is 181 Å². The number of aryl methyl sites for hydroxylation is 1. The van der Waals surface area contributed by atoms with E-state index in [0.29, 0.717) is 18.5 Å². The third kappa shape index (κ3) is 3.34. The van der Waals surface area contributed by atoms with Crippen LogP contribution in [0, 0.1) is 6.92 Å². The van der Waals surface area contributed by atoms with Crippen LogP contribution in [0.5, 0.6) is 0 Å².